The number of hydrogen-bond donors (Lipinski definition) is 1. The van der Waals surface area contributed by atoms with E-state index >= 15 is 0 Å². The van der Waals surface area contributed by atoms with Crippen molar-refractivity contribution in [3.63, 3.8) is 0 Å². The molecule has 0 bridgehead atoms. The van der Waals surface area contributed by atoms with E-state index in [-0.39, 0.29) is 0 Å². The number of rotatable bonds is 1. The van der Waals surface area contributed by atoms with Crippen molar-refractivity contribution in [2.45, 2.75) is 37.6 Å². The Labute approximate surface area is 90.3 Å². The van der Waals surface area contributed by atoms with E-state index in [1.807, 2.05) is 12.1 Å². The zero-order chi connectivity index (χ0) is 9.97. The summed E-state index contributed by atoms with van der Waals surface area (Å²) in [7, 11) is 0. The van der Waals surface area contributed by atoms with E-state index in [1.54, 1.807) is 0 Å². The van der Waals surface area contributed by atoms with Gasteiger partial charge in [-0.25, -0.2) is 0 Å². The first-order valence-electron chi connectivity index (χ1n) is 5.27. The average Bonchev–Trinajstić information content (AvgIpc) is 2.19. The van der Waals surface area contributed by atoms with E-state index in [0.29, 0.717) is 12.0 Å². The summed E-state index contributed by atoms with van der Waals surface area (Å²) in [6, 6.07) is 8.59. The van der Waals surface area contributed by atoms with Gasteiger partial charge in [-0.05, 0) is 42.9 Å². The van der Waals surface area contributed by atoms with Crippen LogP contribution in [-0.4, -0.2) is 6.04 Å². The summed E-state index contributed by atoms with van der Waals surface area (Å²) in [5, 5.41) is 0.814. The molecule has 1 aromatic carbocycles. The molecule has 0 spiro atoms. The minimum absolute atomic E-state index is 0.393. The molecule has 2 rings (SSSR count). The second kappa shape index (κ2) is 4.33. The van der Waals surface area contributed by atoms with Gasteiger partial charge in [0.05, 0.1) is 0 Å². The first kappa shape index (κ1) is 10.0. The minimum atomic E-state index is 0.393. The molecule has 0 radical (unpaired) electrons. The predicted octanol–water partition coefficient (Wildman–Crippen LogP) is 3.32. The molecule has 2 N–H and O–H groups in total. The summed E-state index contributed by atoms with van der Waals surface area (Å²) in [5.41, 5.74) is 7.36. The van der Waals surface area contributed by atoms with E-state index in [0.717, 1.165) is 11.4 Å². The van der Waals surface area contributed by atoms with Crippen LogP contribution in [0.3, 0.4) is 0 Å². The Hall–Kier alpha value is -0.530. The summed E-state index contributed by atoms with van der Waals surface area (Å²) >= 11 is 5.85. The molecule has 1 nitrogen and oxygen atoms in total. The van der Waals surface area contributed by atoms with Crippen LogP contribution in [0.1, 0.15) is 37.2 Å². The second-order valence-corrected chi connectivity index (χ2v) is 4.61. The molecule has 0 saturated heterocycles. The van der Waals surface area contributed by atoms with Crippen LogP contribution >= 0.6 is 11.6 Å². The fourth-order valence-electron chi connectivity index (χ4n) is 2.27. The maximum absolute atomic E-state index is 5.97. The lowest BCUT2D eigenvalue weighted by molar-refractivity contribution is 0.393. The highest BCUT2D eigenvalue weighted by Gasteiger charge is 2.20. The average molecular weight is 210 g/mol. The Kier molecular flexibility index (Phi) is 3.09. The molecule has 1 aromatic rings. The molecule has 2 atom stereocenters. The smallest absolute Gasteiger partial charge is 0.0406 e. The standard InChI is InChI=1S/C12H16ClN/c13-11-6-4-9(5-7-11)10-2-1-3-12(14)8-10/h4-7,10,12H,1-3,8,14H2. The molecule has 0 aliphatic heterocycles. The van der Waals surface area contributed by atoms with Gasteiger partial charge in [-0.3, -0.25) is 0 Å². The Morgan fingerprint density at radius 3 is 2.50 bits per heavy atom. The van der Waals surface area contributed by atoms with E-state index in [4.69, 9.17) is 17.3 Å². The van der Waals surface area contributed by atoms with Crippen molar-refractivity contribution in [1.82, 2.24) is 0 Å². The van der Waals surface area contributed by atoms with Crippen LogP contribution in [0.25, 0.3) is 0 Å². The lowest BCUT2D eigenvalue weighted by Gasteiger charge is -2.26. The van der Waals surface area contributed by atoms with Crippen molar-refractivity contribution in [2.75, 3.05) is 0 Å². The fourth-order valence-corrected chi connectivity index (χ4v) is 2.39. The Balaban J connectivity index is 2.10. The Morgan fingerprint density at radius 1 is 1.14 bits per heavy atom. The highest BCUT2D eigenvalue weighted by atomic mass is 35.5. The maximum atomic E-state index is 5.97. The molecule has 1 saturated carbocycles. The lowest BCUT2D eigenvalue weighted by atomic mass is 9.82. The van der Waals surface area contributed by atoms with E-state index < -0.39 is 0 Å². The molecular formula is C12H16ClN. The first-order valence-corrected chi connectivity index (χ1v) is 5.64. The van der Waals surface area contributed by atoms with Gasteiger partial charge in [0.15, 0.2) is 0 Å². The molecule has 0 amide bonds. The van der Waals surface area contributed by atoms with Crippen molar-refractivity contribution in [3.8, 4) is 0 Å². The van der Waals surface area contributed by atoms with Gasteiger partial charge < -0.3 is 5.73 Å². The monoisotopic (exact) mass is 209 g/mol. The number of benzene rings is 1. The third kappa shape index (κ3) is 2.28. The summed E-state index contributed by atoms with van der Waals surface area (Å²) in [5.74, 6) is 0.649. The van der Waals surface area contributed by atoms with Gasteiger partial charge in [-0.1, -0.05) is 30.2 Å². The molecule has 2 unspecified atom stereocenters. The molecule has 0 heterocycles. The van der Waals surface area contributed by atoms with Gasteiger partial charge in [0, 0.05) is 11.1 Å². The normalized spacial score (nSPS) is 27.6. The van der Waals surface area contributed by atoms with Gasteiger partial charge in [0.1, 0.15) is 0 Å². The number of hydrogen-bond acceptors (Lipinski definition) is 1. The van der Waals surface area contributed by atoms with Gasteiger partial charge in [-0.15, -0.1) is 0 Å². The van der Waals surface area contributed by atoms with Crippen LogP contribution < -0.4 is 5.73 Å². The van der Waals surface area contributed by atoms with Crippen LogP contribution in [0.15, 0.2) is 24.3 Å². The largest absolute Gasteiger partial charge is 0.328 e. The van der Waals surface area contributed by atoms with Crippen molar-refractivity contribution in [2.24, 2.45) is 5.73 Å². The molecule has 0 aromatic heterocycles. The predicted molar refractivity (Wildman–Crippen MR) is 60.6 cm³/mol. The summed E-state index contributed by atoms with van der Waals surface area (Å²) in [6.07, 6.45) is 4.84. The Bertz CT molecular complexity index is 294. The van der Waals surface area contributed by atoms with E-state index in [1.165, 1.54) is 24.8 Å². The molecular weight excluding hydrogens is 194 g/mol. The van der Waals surface area contributed by atoms with E-state index in [9.17, 15) is 0 Å². The first-order chi connectivity index (χ1) is 6.75. The van der Waals surface area contributed by atoms with Crippen LogP contribution in [0.5, 0.6) is 0 Å². The van der Waals surface area contributed by atoms with Gasteiger partial charge in [0.25, 0.3) is 0 Å². The molecule has 1 fully saturated rings. The Morgan fingerprint density at radius 2 is 1.86 bits per heavy atom. The number of halogens is 1. The highest BCUT2D eigenvalue weighted by Crippen LogP contribution is 2.32. The highest BCUT2D eigenvalue weighted by molar-refractivity contribution is 6.30. The van der Waals surface area contributed by atoms with Crippen molar-refractivity contribution < 1.29 is 0 Å². The maximum Gasteiger partial charge on any atom is 0.0406 e. The summed E-state index contributed by atoms with van der Waals surface area (Å²) < 4.78 is 0. The lowest BCUT2D eigenvalue weighted by Crippen LogP contribution is -2.26. The molecule has 1 aliphatic carbocycles. The second-order valence-electron chi connectivity index (χ2n) is 4.18. The quantitative estimate of drug-likeness (QED) is 0.755. The summed E-state index contributed by atoms with van der Waals surface area (Å²) in [6.45, 7) is 0. The third-order valence-electron chi connectivity index (χ3n) is 3.06. The van der Waals surface area contributed by atoms with Gasteiger partial charge in [-0.2, -0.15) is 0 Å². The van der Waals surface area contributed by atoms with E-state index in [2.05, 4.69) is 12.1 Å². The zero-order valence-corrected chi connectivity index (χ0v) is 9.00. The van der Waals surface area contributed by atoms with Crippen molar-refractivity contribution in [1.29, 1.82) is 0 Å². The summed E-state index contributed by atoms with van der Waals surface area (Å²) in [4.78, 5) is 0. The minimum Gasteiger partial charge on any atom is -0.328 e. The van der Waals surface area contributed by atoms with Gasteiger partial charge >= 0.3 is 0 Å². The van der Waals surface area contributed by atoms with Crippen LogP contribution in [0.2, 0.25) is 5.02 Å². The van der Waals surface area contributed by atoms with Gasteiger partial charge in [0.2, 0.25) is 0 Å². The van der Waals surface area contributed by atoms with Crippen molar-refractivity contribution >= 4 is 11.6 Å². The SMILES string of the molecule is NC1CCCC(c2ccc(Cl)cc2)C1. The van der Waals surface area contributed by atoms with Crippen LogP contribution in [0.4, 0.5) is 0 Å². The van der Waals surface area contributed by atoms with Crippen LogP contribution in [0, 0.1) is 0 Å². The third-order valence-corrected chi connectivity index (χ3v) is 3.31. The molecule has 1 aliphatic rings. The zero-order valence-electron chi connectivity index (χ0n) is 8.25. The topological polar surface area (TPSA) is 26.0 Å². The fraction of sp³-hybridized carbons (Fsp3) is 0.500. The van der Waals surface area contributed by atoms with Crippen LogP contribution in [-0.2, 0) is 0 Å². The molecule has 14 heavy (non-hydrogen) atoms. The molecule has 2 heteroatoms. The van der Waals surface area contributed by atoms with Crippen molar-refractivity contribution in [3.05, 3.63) is 34.9 Å². The molecule has 76 valence electrons. The number of nitrogens with two attached hydrogens (primary N) is 1.